The number of aromatic nitrogens is 4. The Morgan fingerprint density at radius 2 is 0.967 bits per heavy atom. The third kappa shape index (κ3) is 3.25. The van der Waals surface area contributed by atoms with E-state index in [1.807, 2.05) is 0 Å². The van der Waals surface area contributed by atoms with Crippen molar-refractivity contribution in [1.82, 2.24) is 19.9 Å². The number of aromatic amines is 2. The molecule has 10 heteroatoms. The molecule has 2 aromatic heterocycles. The van der Waals surface area contributed by atoms with Gasteiger partial charge in [0.2, 0.25) is 0 Å². The van der Waals surface area contributed by atoms with Crippen LogP contribution >= 0.6 is 0 Å². The van der Waals surface area contributed by atoms with Gasteiger partial charge in [-0.1, -0.05) is 0 Å². The molecule has 0 saturated carbocycles. The second kappa shape index (κ2) is 7.73. The number of aliphatic hydroxyl groups is 2. The van der Waals surface area contributed by atoms with Crippen molar-refractivity contribution < 1.29 is 29.2 Å². The number of ether oxygens (including phenoxy) is 4. The van der Waals surface area contributed by atoms with Crippen molar-refractivity contribution in [3.63, 3.8) is 0 Å². The molecule has 4 aromatic rings. The van der Waals surface area contributed by atoms with Gasteiger partial charge >= 0.3 is 0 Å². The maximum atomic E-state index is 10.7. The maximum absolute atomic E-state index is 10.7. The van der Waals surface area contributed by atoms with E-state index < -0.39 is 12.2 Å². The molecular weight excluding hydrogens is 392 g/mol. The topological polar surface area (TPSA) is 135 Å². The number of hydrogen-bond acceptors (Lipinski definition) is 8. The Morgan fingerprint density at radius 3 is 1.30 bits per heavy atom. The number of aliphatic hydroxyl groups excluding tert-OH is 2. The summed E-state index contributed by atoms with van der Waals surface area (Å²) < 4.78 is 21.1. The van der Waals surface area contributed by atoms with Gasteiger partial charge in [0.05, 0.1) is 50.5 Å². The van der Waals surface area contributed by atoms with E-state index in [9.17, 15) is 10.2 Å². The van der Waals surface area contributed by atoms with Crippen LogP contribution in [0.5, 0.6) is 23.0 Å². The molecular formula is C20H22N4O6. The Kier molecular flexibility index (Phi) is 5.10. The average molecular weight is 414 g/mol. The van der Waals surface area contributed by atoms with Crippen LogP contribution in [0.25, 0.3) is 22.1 Å². The number of rotatable bonds is 7. The number of H-pyrrole nitrogens is 2. The molecule has 0 aliphatic rings. The molecule has 30 heavy (non-hydrogen) atoms. The lowest BCUT2D eigenvalue weighted by Crippen LogP contribution is -2.13. The molecule has 0 unspecified atom stereocenters. The van der Waals surface area contributed by atoms with Crippen LogP contribution in [0, 0.1) is 0 Å². The summed E-state index contributed by atoms with van der Waals surface area (Å²) in [5.41, 5.74) is 2.39. The number of benzene rings is 2. The van der Waals surface area contributed by atoms with E-state index in [-0.39, 0.29) is 11.6 Å². The second-order valence-corrected chi connectivity index (χ2v) is 6.58. The van der Waals surface area contributed by atoms with E-state index in [1.54, 1.807) is 24.3 Å². The van der Waals surface area contributed by atoms with Gasteiger partial charge < -0.3 is 39.1 Å². The van der Waals surface area contributed by atoms with Gasteiger partial charge in [-0.3, -0.25) is 0 Å². The van der Waals surface area contributed by atoms with Crippen molar-refractivity contribution in [1.29, 1.82) is 0 Å². The van der Waals surface area contributed by atoms with E-state index in [4.69, 9.17) is 18.9 Å². The molecule has 2 heterocycles. The number of imidazole rings is 2. The lowest BCUT2D eigenvalue weighted by molar-refractivity contribution is 0.00779. The minimum atomic E-state index is -1.35. The maximum Gasteiger partial charge on any atom is 0.163 e. The van der Waals surface area contributed by atoms with Gasteiger partial charge in [0.1, 0.15) is 23.9 Å². The SMILES string of the molecule is COc1cc2nc([C@H](O)[C@@H](O)c3nc4cc(OC)c(OC)cc4[nH]3)[nH]c2cc1OC. The average Bonchev–Trinajstić information content (AvgIpc) is 3.38. The molecule has 10 nitrogen and oxygen atoms in total. The molecule has 158 valence electrons. The minimum Gasteiger partial charge on any atom is -0.493 e. The number of nitrogens with zero attached hydrogens (tertiary/aromatic N) is 2. The van der Waals surface area contributed by atoms with Gasteiger partial charge in [-0.05, 0) is 0 Å². The van der Waals surface area contributed by atoms with Gasteiger partial charge in [0, 0.05) is 24.3 Å². The molecule has 4 rings (SSSR count). The molecule has 0 fully saturated rings. The van der Waals surface area contributed by atoms with Crippen molar-refractivity contribution in [2.75, 3.05) is 28.4 Å². The smallest absolute Gasteiger partial charge is 0.163 e. The zero-order chi connectivity index (χ0) is 21.4. The predicted octanol–water partition coefficient (Wildman–Crippen LogP) is 2.24. The van der Waals surface area contributed by atoms with Gasteiger partial charge in [-0.2, -0.15) is 0 Å². The summed E-state index contributed by atoms with van der Waals surface area (Å²) in [5, 5.41) is 21.4. The fraction of sp³-hybridized carbons (Fsp3) is 0.300. The van der Waals surface area contributed by atoms with Crippen LogP contribution < -0.4 is 18.9 Å². The first-order valence-electron chi connectivity index (χ1n) is 9.08. The summed E-state index contributed by atoms with van der Waals surface area (Å²) in [7, 11) is 6.12. The largest absolute Gasteiger partial charge is 0.493 e. The van der Waals surface area contributed by atoms with Crippen molar-refractivity contribution in [2.24, 2.45) is 0 Å². The Hall–Kier alpha value is -3.50. The molecule has 0 saturated heterocycles. The summed E-state index contributed by atoms with van der Waals surface area (Å²) >= 11 is 0. The van der Waals surface area contributed by atoms with E-state index in [0.29, 0.717) is 45.1 Å². The Balaban J connectivity index is 1.68. The number of nitrogens with one attached hydrogen (secondary N) is 2. The minimum absolute atomic E-state index is 0.184. The van der Waals surface area contributed by atoms with Crippen LogP contribution in [-0.4, -0.2) is 58.6 Å². The highest BCUT2D eigenvalue weighted by Gasteiger charge is 2.27. The third-order valence-electron chi connectivity index (χ3n) is 4.87. The Labute approximate surface area is 171 Å². The predicted molar refractivity (Wildman–Crippen MR) is 108 cm³/mol. The Bertz CT molecular complexity index is 1030. The lowest BCUT2D eigenvalue weighted by Gasteiger charge is -2.13. The standard InChI is InChI=1S/C20H22N4O6/c1-27-13-5-9-10(6-14(13)28-2)22-19(21-9)17(25)18(26)20-23-11-7-15(29-3)16(30-4)8-12(11)24-20/h5-8,17-18,25-26H,1-4H3,(H,21,22)(H,23,24)/t17-,18-/m1/s1. The highest BCUT2D eigenvalue weighted by Crippen LogP contribution is 2.35. The second-order valence-electron chi connectivity index (χ2n) is 6.58. The van der Waals surface area contributed by atoms with Crippen LogP contribution in [0.3, 0.4) is 0 Å². The van der Waals surface area contributed by atoms with Crippen molar-refractivity contribution in [2.45, 2.75) is 12.2 Å². The van der Waals surface area contributed by atoms with Crippen LogP contribution in [0.4, 0.5) is 0 Å². The van der Waals surface area contributed by atoms with E-state index in [2.05, 4.69) is 19.9 Å². The molecule has 0 bridgehead atoms. The van der Waals surface area contributed by atoms with Crippen molar-refractivity contribution >= 4 is 22.1 Å². The molecule has 0 aliphatic carbocycles. The summed E-state index contributed by atoms with van der Waals surface area (Å²) in [6, 6.07) is 6.80. The fourth-order valence-electron chi connectivity index (χ4n) is 3.29. The highest BCUT2D eigenvalue weighted by molar-refractivity contribution is 5.81. The first-order valence-corrected chi connectivity index (χ1v) is 9.08. The first-order chi connectivity index (χ1) is 14.5. The zero-order valence-electron chi connectivity index (χ0n) is 16.9. The molecule has 0 radical (unpaired) electrons. The zero-order valence-corrected chi connectivity index (χ0v) is 16.9. The van der Waals surface area contributed by atoms with Crippen LogP contribution in [0.1, 0.15) is 23.9 Å². The van der Waals surface area contributed by atoms with Crippen LogP contribution in [0.15, 0.2) is 24.3 Å². The summed E-state index contributed by atoms with van der Waals surface area (Å²) in [4.78, 5) is 14.7. The van der Waals surface area contributed by atoms with E-state index in [1.165, 1.54) is 28.4 Å². The number of fused-ring (bicyclic) bond motifs is 2. The van der Waals surface area contributed by atoms with Gasteiger partial charge in [-0.25, -0.2) is 9.97 Å². The molecule has 4 N–H and O–H groups in total. The van der Waals surface area contributed by atoms with Crippen LogP contribution in [0.2, 0.25) is 0 Å². The first kappa shape index (κ1) is 19.8. The van der Waals surface area contributed by atoms with Crippen molar-refractivity contribution in [3.05, 3.63) is 35.9 Å². The number of methoxy groups -OCH3 is 4. The Morgan fingerprint density at radius 1 is 0.633 bits per heavy atom. The van der Waals surface area contributed by atoms with Crippen LogP contribution in [-0.2, 0) is 0 Å². The third-order valence-corrected chi connectivity index (χ3v) is 4.87. The molecule has 0 amide bonds. The fourth-order valence-corrected chi connectivity index (χ4v) is 3.29. The summed E-state index contributed by atoms with van der Waals surface area (Å²) in [6.45, 7) is 0. The van der Waals surface area contributed by atoms with Crippen molar-refractivity contribution in [3.8, 4) is 23.0 Å². The highest BCUT2D eigenvalue weighted by atomic mass is 16.5. The summed E-state index contributed by atoms with van der Waals surface area (Å²) in [6.07, 6.45) is -2.70. The van der Waals surface area contributed by atoms with Gasteiger partial charge in [-0.15, -0.1) is 0 Å². The van der Waals surface area contributed by atoms with E-state index >= 15 is 0 Å². The normalized spacial score (nSPS) is 13.4. The monoisotopic (exact) mass is 414 g/mol. The molecule has 0 aliphatic heterocycles. The molecule has 2 atom stereocenters. The molecule has 2 aromatic carbocycles. The molecule has 0 spiro atoms. The van der Waals surface area contributed by atoms with Gasteiger partial charge in [0.25, 0.3) is 0 Å². The number of hydrogen-bond donors (Lipinski definition) is 4. The lowest BCUT2D eigenvalue weighted by atomic mass is 10.2. The van der Waals surface area contributed by atoms with Gasteiger partial charge in [0.15, 0.2) is 23.0 Å². The van der Waals surface area contributed by atoms with E-state index in [0.717, 1.165) is 0 Å². The quantitative estimate of drug-likeness (QED) is 0.362. The summed E-state index contributed by atoms with van der Waals surface area (Å²) in [5.74, 6) is 2.44.